The van der Waals surface area contributed by atoms with Crippen molar-refractivity contribution in [1.82, 2.24) is 31.9 Å². The molecule has 1 aromatic carbocycles. The van der Waals surface area contributed by atoms with E-state index in [1.807, 2.05) is 0 Å². The molecule has 1 aliphatic rings. The van der Waals surface area contributed by atoms with Crippen LogP contribution in [0.15, 0.2) is 53.1 Å². The highest BCUT2D eigenvalue weighted by Gasteiger charge is 2.35. The zero-order valence-corrected chi connectivity index (χ0v) is 33.0. The molecule has 1 heterocycles. The Morgan fingerprint density at radius 1 is 0.741 bits per heavy atom. The van der Waals surface area contributed by atoms with Gasteiger partial charge in [-0.3, -0.25) is 33.6 Å². The average Bonchev–Trinajstić information content (AvgIpc) is 3.69. The molecule has 0 radical (unpaired) electrons. The van der Waals surface area contributed by atoms with Crippen molar-refractivity contribution in [3.8, 4) is 0 Å². The third-order valence-electron chi connectivity index (χ3n) is 9.67. The molecule has 18 nitrogen and oxygen atoms in total. The van der Waals surface area contributed by atoms with Crippen LogP contribution in [0.25, 0.3) is 0 Å². The molecule has 0 aliphatic heterocycles. The van der Waals surface area contributed by atoms with Crippen LogP contribution < -0.4 is 37.6 Å². The second-order valence-corrected chi connectivity index (χ2v) is 15.0. The third-order valence-corrected chi connectivity index (χ3v) is 9.67. The largest absolute Gasteiger partial charge is 0.481 e. The van der Waals surface area contributed by atoms with E-state index in [4.69, 9.17) is 10.2 Å². The van der Waals surface area contributed by atoms with Gasteiger partial charge in [-0.1, -0.05) is 76.3 Å². The molecule has 0 bridgehead atoms. The van der Waals surface area contributed by atoms with E-state index in [1.165, 1.54) is 6.26 Å². The number of nitrogens with one attached hydrogen (secondary N) is 6. The quantitative estimate of drug-likeness (QED) is 0.0676. The molecule has 5 atom stereocenters. The number of aliphatic carboxylic acids is 2. The van der Waals surface area contributed by atoms with E-state index < -0.39 is 84.0 Å². The zero-order valence-electron chi connectivity index (χ0n) is 33.0. The molecule has 0 spiro atoms. The highest BCUT2D eigenvalue weighted by atomic mass is 16.4. The summed E-state index contributed by atoms with van der Waals surface area (Å²) < 4.78 is 5.23. The molecule has 1 fully saturated rings. The van der Waals surface area contributed by atoms with Crippen molar-refractivity contribution in [2.24, 2.45) is 17.6 Å². The van der Waals surface area contributed by atoms with Gasteiger partial charge in [0.15, 0.2) is 0 Å². The van der Waals surface area contributed by atoms with Crippen LogP contribution in [0.4, 0.5) is 0 Å². The van der Waals surface area contributed by atoms with Gasteiger partial charge in [-0.2, -0.15) is 0 Å². The van der Waals surface area contributed by atoms with E-state index in [9.17, 15) is 48.6 Å². The highest BCUT2D eigenvalue weighted by molar-refractivity contribution is 5.97. The van der Waals surface area contributed by atoms with Crippen molar-refractivity contribution < 1.29 is 53.0 Å². The molecule has 58 heavy (non-hydrogen) atoms. The molecule has 3 rings (SSSR count). The number of benzene rings is 1. The van der Waals surface area contributed by atoms with Crippen LogP contribution in [0.3, 0.4) is 0 Å². The van der Waals surface area contributed by atoms with Gasteiger partial charge < -0.3 is 52.3 Å². The van der Waals surface area contributed by atoms with Crippen LogP contribution in [0, 0.1) is 11.8 Å². The normalized spacial score (nSPS) is 15.5. The number of carbonyl (C=O) groups excluding carboxylic acids is 6. The molecule has 1 aromatic heterocycles. The van der Waals surface area contributed by atoms with E-state index in [-0.39, 0.29) is 57.0 Å². The second kappa shape index (κ2) is 24.1. The lowest BCUT2D eigenvalue weighted by atomic mass is 9.84. The first kappa shape index (κ1) is 46.6. The summed E-state index contributed by atoms with van der Waals surface area (Å²) in [7, 11) is 0. The number of primary amides is 1. The number of hydrogen-bond acceptors (Lipinski definition) is 10. The van der Waals surface area contributed by atoms with Gasteiger partial charge in [0, 0.05) is 12.8 Å². The summed E-state index contributed by atoms with van der Waals surface area (Å²) >= 11 is 0. The van der Waals surface area contributed by atoms with Crippen LogP contribution in [0.2, 0.25) is 0 Å². The number of carbonyl (C=O) groups is 8. The number of hydrogen-bond donors (Lipinski definition) is 9. The minimum absolute atomic E-state index is 0.00167. The lowest BCUT2D eigenvalue weighted by molar-refractivity contribution is -0.143. The number of nitrogens with two attached hydrogens (primary N) is 1. The molecule has 0 unspecified atom stereocenters. The Bertz CT molecular complexity index is 1680. The van der Waals surface area contributed by atoms with Crippen LogP contribution in [0.5, 0.6) is 0 Å². The van der Waals surface area contributed by atoms with Crippen LogP contribution >= 0.6 is 0 Å². The molecule has 10 N–H and O–H groups in total. The van der Waals surface area contributed by atoms with Gasteiger partial charge in [0.05, 0.1) is 25.8 Å². The summed E-state index contributed by atoms with van der Waals surface area (Å²) in [5.41, 5.74) is 5.99. The number of amides is 6. The fraction of sp³-hybridized carbons (Fsp3) is 0.550. The van der Waals surface area contributed by atoms with Crippen molar-refractivity contribution in [1.29, 1.82) is 0 Å². The number of carboxylic acids is 2. The predicted molar refractivity (Wildman–Crippen MR) is 209 cm³/mol. The van der Waals surface area contributed by atoms with Crippen molar-refractivity contribution >= 4 is 47.4 Å². The molecule has 6 amide bonds. The summed E-state index contributed by atoms with van der Waals surface area (Å²) in [6, 6.07) is 5.13. The van der Waals surface area contributed by atoms with Crippen molar-refractivity contribution in [2.75, 3.05) is 6.54 Å². The molecule has 2 aromatic rings. The van der Waals surface area contributed by atoms with Crippen LogP contribution in [0.1, 0.15) is 89.4 Å². The fourth-order valence-corrected chi connectivity index (χ4v) is 6.73. The topological polar surface area (TPSA) is 288 Å². The average molecular weight is 812 g/mol. The molecular weight excluding hydrogens is 754 g/mol. The maximum Gasteiger partial charge on any atom is 0.326 e. The number of rotatable bonds is 25. The van der Waals surface area contributed by atoms with Gasteiger partial charge >= 0.3 is 11.9 Å². The molecule has 0 saturated heterocycles. The van der Waals surface area contributed by atoms with Crippen molar-refractivity contribution in [3.05, 3.63) is 60.1 Å². The summed E-state index contributed by atoms with van der Waals surface area (Å²) in [5, 5.41) is 35.1. The lowest BCUT2D eigenvalue weighted by Gasteiger charge is -2.29. The lowest BCUT2D eigenvalue weighted by Crippen LogP contribution is -2.59. The minimum atomic E-state index is -1.71. The minimum Gasteiger partial charge on any atom is -0.481 e. The van der Waals surface area contributed by atoms with Gasteiger partial charge in [0.25, 0.3) is 0 Å². The molecule has 1 aliphatic carbocycles. The predicted octanol–water partition coefficient (Wildman–Crippen LogP) is 0.877. The van der Waals surface area contributed by atoms with Gasteiger partial charge in [0.1, 0.15) is 36.0 Å². The standard InChI is InChI=1S/C40H57N7O11/c1-24(2)18-29(37(53)47-32(40(56)57)20-26-12-7-4-8-13-26)44-39(55)31(21-35(50)51)46-38(54)30(19-25-10-5-3-6-11-25)45-36(52)28(15-16-33(41)48)43-34(49)23-42-22-27-14-9-17-58-27/h4,7-9,12-14,17,24-25,28-32,42H,3,5-6,10-11,15-16,18-23H2,1-2H3,(H2,41,48)(H,43,49)(H,44,55)(H,45,52)(H,46,54)(H,47,53)(H,50,51)(H,56,57)/t28-,29-,30-,31-,32-/m0/s1. The first-order valence-electron chi connectivity index (χ1n) is 19.6. The Hall–Kier alpha value is -5.78. The van der Waals surface area contributed by atoms with E-state index in [0.29, 0.717) is 11.3 Å². The molecule has 1 saturated carbocycles. The Labute approximate surface area is 337 Å². The zero-order chi connectivity index (χ0) is 42.6. The van der Waals surface area contributed by atoms with Gasteiger partial charge in [0.2, 0.25) is 35.4 Å². The SMILES string of the molecule is CC(C)C[C@H](NC(=O)[C@H](CC(=O)O)NC(=O)[C@H](CC1CCCCC1)NC(=O)[C@H](CCC(N)=O)NC(=O)CNCc1ccco1)C(=O)N[C@@H](Cc1ccccc1)C(=O)O. The van der Waals surface area contributed by atoms with Gasteiger partial charge in [-0.05, 0) is 48.8 Å². The Morgan fingerprint density at radius 2 is 1.34 bits per heavy atom. The smallest absolute Gasteiger partial charge is 0.326 e. The second-order valence-electron chi connectivity index (χ2n) is 15.0. The maximum atomic E-state index is 14.0. The molecule has 318 valence electrons. The third kappa shape index (κ3) is 17.2. The van der Waals surface area contributed by atoms with Crippen molar-refractivity contribution in [2.45, 2.75) is 121 Å². The summed E-state index contributed by atoms with van der Waals surface area (Å²) in [6.07, 6.45) is 4.62. The van der Waals surface area contributed by atoms with Crippen LogP contribution in [-0.4, -0.2) is 94.3 Å². The highest BCUT2D eigenvalue weighted by Crippen LogP contribution is 2.27. The monoisotopic (exact) mass is 811 g/mol. The van der Waals surface area contributed by atoms with Crippen LogP contribution in [-0.2, 0) is 51.3 Å². The van der Waals surface area contributed by atoms with Crippen molar-refractivity contribution in [3.63, 3.8) is 0 Å². The first-order chi connectivity index (χ1) is 27.6. The van der Waals surface area contributed by atoms with E-state index >= 15 is 0 Å². The van der Waals surface area contributed by atoms with E-state index in [0.717, 1.165) is 32.1 Å². The van der Waals surface area contributed by atoms with Gasteiger partial charge in [-0.25, -0.2) is 4.79 Å². The molecule has 18 heteroatoms. The summed E-state index contributed by atoms with van der Waals surface area (Å²) in [4.78, 5) is 103. The fourth-order valence-electron chi connectivity index (χ4n) is 6.73. The van der Waals surface area contributed by atoms with E-state index in [1.54, 1.807) is 56.3 Å². The summed E-state index contributed by atoms with van der Waals surface area (Å²) in [5.74, 6) is -7.15. The van der Waals surface area contributed by atoms with E-state index in [2.05, 4.69) is 31.9 Å². The Kier molecular flexibility index (Phi) is 19.4. The molecular formula is C40H57N7O11. The number of furan rings is 1. The number of carboxylic acid groups (broad SMARTS) is 2. The van der Waals surface area contributed by atoms with Gasteiger partial charge in [-0.15, -0.1) is 0 Å². The Morgan fingerprint density at radius 3 is 1.95 bits per heavy atom. The first-order valence-corrected chi connectivity index (χ1v) is 19.6. The Balaban J connectivity index is 1.78. The summed E-state index contributed by atoms with van der Waals surface area (Å²) in [6.45, 7) is 3.57. The maximum absolute atomic E-state index is 14.0.